The first kappa shape index (κ1) is 9.93. The average Bonchev–Trinajstić information content (AvgIpc) is 2.63. The van der Waals surface area contributed by atoms with Crippen LogP contribution in [0.15, 0.2) is 0 Å². The highest BCUT2D eigenvalue weighted by Crippen LogP contribution is 2.40. The molecule has 0 spiro atoms. The van der Waals surface area contributed by atoms with Crippen molar-refractivity contribution in [3.05, 3.63) is 0 Å². The SMILES string of the molecule is CCOC(=O)[C@@H]1[C@H]2CCO[C@H]2O[C@@H]1C. The summed E-state index contributed by atoms with van der Waals surface area (Å²) in [6, 6.07) is 0. The van der Waals surface area contributed by atoms with E-state index in [0.29, 0.717) is 13.2 Å². The van der Waals surface area contributed by atoms with Crippen LogP contribution in [0.2, 0.25) is 0 Å². The van der Waals surface area contributed by atoms with Crippen LogP contribution in [0.3, 0.4) is 0 Å². The first-order chi connectivity index (χ1) is 6.74. The summed E-state index contributed by atoms with van der Waals surface area (Å²) >= 11 is 0. The van der Waals surface area contributed by atoms with E-state index in [2.05, 4.69) is 0 Å². The zero-order valence-electron chi connectivity index (χ0n) is 8.56. The number of hydrogen-bond acceptors (Lipinski definition) is 4. The molecule has 0 aliphatic carbocycles. The molecule has 80 valence electrons. The topological polar surface area (TPSA) is 44.8 Å². The fourth-order valence-electron chi connectivity index (χ4n) is 2.32. The van der Waals surface area contributed by atoms with Crippen LogP contribution in [0.25, 0.3) is 0 Å². The third-order valence-electron chi connectivity index (χ3n) is 2.96. The van der Waals surface area contributed by atoms with Crippen LogP contribution in [-0.2, 0) is 19.0 Å². The Labute approximate surface area is 83.5 Å². The van der Waals surface area contributed by atoms with Gasteiger partial charge in [-0.3, -0.25) is 4.79 Å². The number of ether oxygens (including phenoxy) is 3. The van der Waals surface area contributed by atoms with E-state index in [1.165, 1.54) is 0 Å². The molecule has 0 amide bonds. The van der Waals surface area contributed by atoms with Gasteiger partial charge in [0.05, 0.1) is 25.2 Å². The molecule has 0 radical (unpaired) electrons. The van der Waals surface area contributed by atoms with Crippen LogP contribution in [-0.4, -0.2) is 31.6 Å². The molecular formula is C10H16O4. The van der Waals surface area contributed by atoms with Crippen molar-refractivity contribution in [1.29, 1.82) is 0 Å². The van der Waals surface area contributed by atoms with Crippen LogP contribution >= 0.6 is 0 Å². The standard InChI is InChI=1S/C10H16O4/c1-3-12-9(11)8-6(2)14-10-7(8)4-5-13-10/h6-8,10H,3-5H2,1-2H3/t6-,7-,8+,10+/m1/s1. The number of rotatable bonds is 2. The van der Waals surface area contributed by atoms with E-state index in [4.69, 9.17) is 14.2 Å². The number of hydrogen-bond donors (Lipinski definition) is 0. The Kier molecular flexibility index (Phi) is 2.74. The molecule has 2 aliphatic heterocycles. The van der Waals surface area contributed by atoms with Crippen molar-refractivity contribution < 1.29 is 19.0 Å². The van der Waals surface area contributed by atoms with E-state index in [9.17, 15) is 4.79 Å². The van der Waals surface area contributed by atoms with Gasteiger partial charge in [-0.05, 0) is 20.3 Å². The van der Waals surface area contributed by atoms with Gasteiger partial charge < -0.3 is 14.2 Å². The summed E-state index contributed by atoms with van der Waals surface area (Å²) in [5, 5.41) is 0. The van der Waals surface area contributed by atoms with Gasteiger partial charge in [0.1, 0.15) is 0 Å². The molecule has 0 aromatic carbocycles. The molecule has 2 heterocycles. The van der Waals surface area contributed by atoms with Crippen LogP contribution < -0.4 is 0 Å². The molecule has 4 heteroatoms. The lowest BCUT2D eigenvalue weighted by atomic mass is 9.89. The Hall–Kier alpha value is -0.610. The first-order valence-electron chi connectivity index (χ1n) is 5.17. The van der Waals surface area contributed by atoms with Gasteiger partial charge in [-0.1, -0.05) is 0 Å². The van der Waals surface area contributed by atoms with Crippen molar-refractivity contribution in [2.45, 2.75) is 32.7 Å². The molecule has 0 aromatic heterocycles. The Morgan fingerprint density at radius 3 is 3.07 bits per heavy atom. The van der Waals surface area contributed by atoms with Gasteiger partial charge in [0.15, 0.2) is 6.29 Å². The second kappa shape index (κ2) is 3.87. The van der Waals surface area contributed by atoms with Crippen molar-refractivity contribution in [1.82, 2.24) is 0 Å². The minimum Gasteiger partial charge on any atom is -0.466 e. The minimum absolute atomic E-state index is 0.0793. The molecule has 0 saturated carbocycles. The fraction of sp³-hybridized carbons (Fsp3) is 0.900. The normalized spacial score (nSPS) is 41.0. The van der Waals surface area contributed by atoms with Crippen molar-refractivity contribution in [2.75, 3.05) is 13.2 Å². The Balaban J connectivity index is 2.05. The minimum atomic E-state index is -0.181. The second-order valence-corrected chi connectivity index (χ2v) is 3.81. The number of carbonyl (C=O) groups is 1. The highest BCUT2D eigenvalue weighted by molar-refractivity contribution is 5.74. The van der Waals surface area contributed by atoms with E-state index in [1.807, 2.05) is 13.8 Å². The molecule has 4 atom stereocenters. The van der Waals surface area contributed by atoms with Gasteiger partial charge in [0, 0.05) is 5.92 Å². The highest BCUT2D eigenvalue weighted by Gasteiger charge is 2.50. The van der Waals surface area contributed by atoms with E-state index in [0.717, 1.165) is 6.42 Å². The lowest BCUT2D eigenvalue weighted by Crippen LogP contribution is -2.29. The van der Waals surface area contributed by atoms with Gasteiger partial charge >= 0.3 is 5.97 Å². The summed E-state index contributed by atoms with van der Waals surface area (Å²) < 4.78 is 15.9. The molecule has 0 N–H and O–H groups in total. The van der Waals surface area contributed by atoms with Crippen molar-refractivity contribution in [3.63, 3.8) is 0 Å². The summed E-state index contributed by atoms with van der Waals surface area (Å²) in [6.45, 7) is 4.85. The molecule has 2 saturated heterocycles. The monoisotopic (exact) mass is 200 g/mol. The molecule has 2 fully saturated rings. The van der Waals surface area contributed by atoms with Gasteiger partial charge in [-0.15, -0.1) is 0 Å². The predicted octanol–water partition coefficient (Wildman–Crippen LogP) is 0.947. The maximum atomic E-state index is 11.6. The number of fused-ring (bicyclic) bond motifs is 1. The largest absolute Gasteiger partial charge is 0.466 e. The van der Waals surface area contributed by atoms with Crippen LogP contribution in [0.5, 0.6) is 0 Å². The smallest absolute Gasteiger partial charge is 0.312 e. The van der Waals surface area contributed by atoms with Gasteiger partial charge in [0.25, 0.3) is 0 Å². The summed E-state index contributed by atoms with van der Waals surface area (Å²) in [5.41, 5.74) is 0. The van der Waals surface area contributed by atoms with Crippen LogP contribution in [0, 0.1) is 11.8 Å². The molecule has 2 rings (SSSR count). The van der Waals surface area contributed by atoms with E-state index < -0.39 is 0 Å². The predicted molar refractivity (Wildman–Crippen MR) is 48.5 cm³/mol. The van der Waals surface area contributed by atoms with E-state index in [-0.39, 0.29) is 30.2 Å². The third kappa shape index (κ3) is 1.53. The molecule has 14 heavy (non-hydrogen) atoms. The Bertz CT molecular complexity index is 228. The van der Waals surface area contributed by atoms with Crippen LogP contribution in [0.4, 0.5) is 0 Å². The maximum Gasteiger partial charge on any atom is 0.312 e. The van der Waals surface area contributed by atoms with Crippen molar-refractivity contribution in [3.8, 4) is 0 Å². The van der Waals surface area contributed by atoms with E-state index in [1.54, 1.807) is 0 Å². The maximum absolute atomic E-state index is 11.6. The number of carbonyl (C=O) groups excluding carboxylic acids is 1. The van der Waals surface area contributed by atoms with Gasteiger partial charge in [0.2, 0.25) is 0 Å². The molecule has 0 unspecified atom stereocenters. The third-order valence-corrected chi connectivity index (χ3v) is 2.96. The zero-order chi connectivity index (χ0) is 10.1. The Morgan fingerprint density at radius 2 is 2.36 bits per heavy atom. The summed E-state index contributed by atoms with van der Waals surface area (Å²) in [6.07, 6.45) is 0.641. The summed E-state index contributed by atoms with van der Waals surface area (Å²) in [4.78, 5) is 11.6. The molecule has 0 aromatic rings. The first-order valence-corrected chi connectivity index (χ1v) is 5.17. The quantitative estimate of drug-likeness (QED) is 0.622. The molecule has 2 aliphatic rings. The number of esters is 1. The lowest BCUT2D eigenvalue weighted by Gasteiger charge is -2.16. The lowest BCUT2D eigenvalue weighted by molar-refractivity contribution is -0.151. The van der Waals surface area contributed by atoms with Crippen LogP contribution in [0.1, 0.15) is 20.3 Å². The fourth-order valence-corrected chi connectivity index (χ4v) is 2.32. The second-order valence-electron chi connectivity index (χ2n) is 3.81. The highest BCUT2D eigenvalue weighted by atomic mass is 16.7. The Morgan fingerprint density at radius 1 is 1.57 bits per heavy atom. The summed E-state index contributed by atoms with van der Waals surface area (Å²) in [5.74, 6) is -0.0792. The van der Waals surface area contributed by atoms with Gasteiger partial charge in [-0.25, -0.2) is 0 Å². The van der Waals surface area contributed by atoms with E-state index >= 15 is 0 Å². The zero-order valence-corrected chi connectivity index (χ0v) is 8.56. The molecule has 0 bridgehead atoms. The molecule has 4 nitrogen and oxygen atoms in total. The van der Waals surface area contributed by atoms with Crippen molar-refractivity contribution >= 4 is 5.97 Å². The summed E-state index contributed by atoms with van der Waals surface area (Å²) in [7, 11) is 0. The average molecular weight is 200 g/mol. The van der Waals surface area contributed by atoms with Gasteiger partial charge in [-0.2, -0.15) is 0 Å². The molecular weight excluding hydrogens is 184 g/mol. The van der Waals surface area contributed by atoms with Crippen molar-refractivity contribution in [2.24, 2.45) is 11.8 Å².